The molecule has 1 rings (SSSR count). The number of aliphatic hydroxyl groups excluding tert-OH is 4. The largest absolute Gasteiger partial charge is 0.457 e. The Morgan fingerprint density at radius 1 is 0.696 bits per heavy atom. The number of hydrogen-bond donors (Lipinski definition) is 4. The second-order valence-electron chi connectivity index (χ2n) is 12.3. The Morgan fingerprint density at radius 2 is 1.26 bits per heavy atom. The van der Waals surface area contributed by atoms with Gasteiger partial charge in [0.25, 0.3) is 0 Å². The summed E-state index contributed by atoms with van der Waals surface area (Å²) in [5, 5.41) is 39.6. The lowest BCUT2D eigenvalue weighted by atomic mass is 9.99. The smallest absolute Gasteiger partial charge is 0.306 e. The molecule has 0 spiro atoms. The van der Waals surface area contributed by atoms with Gasteiger partial charge in [0.2, 0.25) is 0 Å². The van der Waals surface area contributed by atoms with Crippen molar-refractivity contribution in [2.75, 3.05) is 26.4 Å². The molecule has 0 aliphatic carbocycles. The van der Waals surface area contributed by atoms with E-state index in [4.69, 9.17) is 18.9 Å². The number of esters is 1. The first-order chi connectivity index (χ1) is 22.4. The predicted molar refractivity (Wildman–Crippen MR) is 182 cm³/mol. The standard InChI is InChI=1S/C37H66O9/c1-3-5-7-8-9-10-11-12-13-14-15-16-17-18-19-20-21-22-23-25-27-43-29-31(45-33(39)26-24-6-4-2)30-44-37-36(42)35(41)34(40)32(28-38)46-37/h9-10,12-13,15-16,31-32,34-38,40-42H,3-8,11,14,17-30H2,1-2H3/b10-9-,13-12-,16-15-. The maximum atomic E-state index is 12.3. The van der Waals surface area contributed by atoms with Crippen LogP contribution < -0.4 is 0 Å². The molecule has 0 aromatic rings. The fourth-order valence-electron chi connectivity index (χ4n) is 5.14. The maximum absolute atomic E-state index is 12.3. The number of hydrogen-bond acceptors (Lipinski definition) is 9. The van der Waals surface area contributed by atoms with Gasteiger partial charge in [-0.2, -0.15) is 0 Å². The molecule has 4 N–H and O–H groups in total. The lowest BCUT2D eigenvalue weighted by Crippen LogP contribution is -2.59. The van der Waals surface area contributed by atoms with E-state index in [1.165, 1.54) is 51.4 Å². The van der Waals surface area contributed by atoms with E-state index >= 15 is 0 Å². The van der Waals surface area contributed by atoms with Gasteiger partial charge in [-0.1, -0.05) is 108 Å². The van der Waals surface area contributed by atoms with Crippen molar-refractivity contribution in [2.24, 2.45) is 0 Å². The highest BCUT2D eigenvalue weighted by Gasteiger charge is 2.44. The summed E-state index contributed by atoms with van der Waals surface area (Å²) in [6.07, 6.45) is 25.4. The Morgan fingerprint density at radius 3 is 1.89 bits per heavy atom. The highest BCUT2D eigenvalue weighted by atomic mass is 16.7. The van der Waals surface area contributed by atoms with E-state index in [2.05, 4.69) is 50.3 Å². The minimum atomic E-state index is -1.53. The van der Waals surface area contributed by atoms with Gasteiger partial charge >= 0.3 is 5.97 Å². The molecule has 9 nitrogen and oxygen atoms in total. The lowest BCUT2D eigenvalue weighted by molar-refractivity contribution is -0.305. The summed E-state index contributed by atoms with van der Waals surface area (Å²) in [5.74, 6) is -0.344. The number of allylic oxidation sites excluding steroid dienone is 6. The van der Waals surface area contributed by atoms with E-state index in [0.29, 0.717) is 13.0 Å². The van der Waals surface area contributed by atoms with Crippen LogP contribution in [0.5, 0.6) is 0 Å². The molecule has 9 heteroatoms. The molecule has 0 aromatic heterocycles. The van der Waals surface area contributed by atoms with Crippen molar-refractivity contribution < 1.29 is 44.2 Å². The van der Waals surface area contributed by atoms with Crippen molar-refractivity contribution in [3.05, 3.63) is 36.5 Å². The van der Waals surface area contributed by atoms with Crippen molar-refractivity contribution in [3.8, 4) is 0 Å². The van der Waals surface area contributed by atoms with Gasteiger partial charge in [-0.25, -0.2) is 0 Å². The molecule has 0 bridgehead atoms. The molecule has 1 heterocycles. The number of aliphatic hydroxyl groups is 4. The first-order valence-electron chi connectivity index (χ1n) is 18.1. The Kier molecular flexibility index (Phi) is 27.3. The van der Waals surface area contributed by atoms with Crippen LogP contribution in [0.15, 0.2) is 36.5 Å². The Balaban J connectivity index is 2.17. The molecule has 1 saturated heterocycles. The second-order valence-corrected chi connectivity index (χ2v) is 12.3. The highest BCUT2D eigenvalue weighted by molar-refractivity contribution is 5.69. The number of unbranched alkanes of at least 4 members (excludes halogenated alkanes) is 12. The van der Waals surface area contributed by atoms with E-state index in [1.54, 1.807) is 0 Å². The van der Waals surface area contributed by atoms with E-state index in [9.17, 15) is 25.2 Å². The van der Waals surface area contributed by atoms with Gasteiger partial charge in [-0.05, 0) is 51.4 Å². The zero-order chi connectivity index (χ0) is 33.7. The average molecular weight is 655 g/mol. The van der Waals surface area contributed by atoms with Crippen LogP contribution in [0, 0.1) is 0 Å². The SMILES string of the molecule is CCCCC/C=C\C/C=C\C/C=C\CCCCCCCCCOCC(COC1OC(CO)C(O)C(O)C1O)OC(=O)CCCCC. The average Bonchev–Trinajstić information content (AvgIpc) is 3.05. The molecule has 268 valence electrons. The first-order valence-corrected chi connectivity index (χ1v) is 18.1. The summed E-state index contributed by atoms with van der Waals surface area (Å²) in [6.45, 7) is 4.31. The molecule has 0 amide bonds. The summed E-state index contributed by atoms with van der Waals surface area (Å²) in [7, 11) is 0. The zero-order valence-corrected chi connectivity index (χ0v) is 28.8. The molecule has 6 unspecified atom stereocenters. The van der Waals surface area contributed by atoms with Crippen LogP contribution in [0.1, 0.15) is 129 Å². The molecule has 1 aliphatic heterocycles. The van der Waals surface area contributed by atoms with E-state index in [1.807, 2.05) is 0 Å². The van der Waals surface area contributed by atoms with Crippen molar-refractivity contribution in [1.82, 2.24) is 0 Å². The number of ether oxygens (including phenoxy) is 4. The quantitative estimate of drug-likeness (QED) is 0.0407. The summed E-state index contributed by atoms with van der Waals surface area (Å²) < 4.78 is 22.4. The summed E-state index contributed by atoms with van der Waals surface area (Å²) in [4.78, 5) is 12.3. The van der Waals surface area contributed by atoms with Crippen molar-refractivity contribution in [3.63, 3.8) is 0 Å². The number of rotatable bonds is 29. The van der Waals surface area contributed by atoms with Gasteiger partial charge in [-0.3, -0.25) is 4.79 Å². The third kappa shape index (κ3) is 21.3. The van der Waals surface area contributed by atoms with Gasteiger partial charge in [0.1, 0.15) is 30.5 Å². The van der Waals surface area contributed by atoms with Crippen LogP contribution in [-0.2, 0) is 23.7 Å². The molecule has 46 heavy (non-hydrogen) atoms. The highest BCUT2D eigenvalue weighted by Crippen LogP contribution is 2.22. The third-order valence-corrected chi connectivity index (χ3v) is 8.06. The Bertz CT molecular complexity index is 798. The number of carbonyl (C=O) groups excluding carboxylic acids is 1. The Hall–Kier alpha value is -1.59. The van der Waals surface area contributed by atoms with Gasteiger partial charge < -0.3 is 39.4 Å². The third-order valence-electron chi connectivity index (χ3n) is 8.06. The van der Waals surface area contributed by atoms with E-state index < -0.39 is 43.4 Å². The predicted octanol–water partition coefficient (Wildman–Crippen LogP) is 6.46. The molecule has 6 atom stereocenters. The summed E-state index contributed by atoms with van der Waals surface area (Å²) in [6, 6.07) is 0. The maximum Gasteiger partial charge on any atom is 0.306 e. The fourth-order valence-corrected chi connectivity index (χ4v) is 5.14. The van der Waals surface area contributed by atoms with Crippen LogP contribution in [0.3, 0.4) is 0 Å². The van der Waals surface area contributed by atoms with Crippen LogP contribution in [0.25, 0.3) is 0 Å². The first kappa shape index (κ1) is 42.4. The molecule has 0 saturated carbocycles. The Labute approximate surface area is 279 Å². The topological polar surface area (TPSA) is 135 Å². The second kappa shape index (κ2) is 29.5. The van der Waals surface area contributed by atoms with Crippen LogP contribution >= 0.6 is 0 Å². The van der Waals surface area contributed by atoms with Crippen LogP contribution in [0.4, 0.5) is 0 Å². The van der Waals surface area contributed by atoms with E-state index in [-0.39, 0.29) is 19.2 Å². The van der Waals surface area contributed by atoms with E-state index in [0.717, 1.165) is 57.8 Å². The minimum Gasteiger partial charge on any atom is -0.457 e. The lowest BCUT2D eigenvalue weighted by Gasteiger charge is -2.39. The monoisotopic (exact) mass is 654 g/mol. The van der Waals surface area contributed by atoms with Crippen LogP contribution in [-0.4, -0.2) is 89.6 Å². The van der Waals surface area contributed by atoms with Crippen LogP contribution in [0.2, 0.25) is 0 Å². The van der Waals surface area contributed by atoms with Gasteiger partial charge in [-0.15, -0.1) is 0 Å². The summed E-state index contributed by atoms with van der Waals surface area (Å²) in [5.41, 5.74) is 0. The molecule has 0 radical (unpaired) electrons. The zero-order valence-electron chi connectivity index (χ0n) is 28.8. The number of carbonyl (C=O) groups is 1. The van der Waals surface area contributed by atoms with Crippen molar-refractivity contribution >= 4 is 5.97 Å². The van der Waals surface area contributed by atoms with Gasteiger partial charge in [0.15, 0.2) is 6.29 Å². The van der Waals surface area contributed by atoms with Crippen molar-refractivity contribution in [2.45, 2.75) is 166 Å². The molecule has 1 aliphatic rings. The molecule has 1 fully saturated rings. The minimum absolute atomic E-state index is 0.120. The van der Waals surface area contributed by atoms with Gasteiger partial charge in [0, 0.05) is 13.0 Å². The van der Waals surface area contributed by atoms with Gasteiger partial charge in [0.05, 0.1) is 19.8 Å². The molecular formula is C37H66O9. The fraction of sp³-hybridized carbons (Fsp3) is 0.811. The molecule has 0 aromatic carbocycles. The van der Waals surface area contributed by atoms with Crippen molar-refractivity contribution in [1.29, 1.82) is 0 Å². The normalized spacial score (nSPS) is 22.8. The summed E-state index contributed by atoms with van der Waals surface area (Å²) >= 11 is 0. The molecular weight excluding hydrogens is 588 g/mol.